The average molecular weight is 277 g/mol. The number of unbranched alkanes of at least 4 members (excludes halogenated alkanes) is 1. The summed E-state index contributed by atoms with van der Waals surface area (Å²) in [5, 5.41) is 0. The zero-order valence-electron chi connectivity index (χ0n) is 11.7. The van der Waals surface area contributed by atoms with Crippen LogP contribution in [-0.4, -0.2) is 38.9 Å². The van der Waals surface area contributed by atoms with Crippen LogP contribution in [0.4, 0.5) is 4.39 Å². The predicted molar refractivity (Wildman–Crippen MR) is 69.2 cm³/mol. The van der Waals surface area contributed by atoms with Gasteiger partial charge in [0.2, 0.25) is 0 Å². The van der Waals surface area contributed by atoms with E-state index < -0.39 is 0 Å². The van der Waals surface area contributed by atoms with Crippen LogP contribution in [0, 0.1) is 5.92 Å². The number of nitrogens with two attached hydrogens (primary N) is 1. The minimum Gasteiger partial charge on any atom is -0.469 e. The number of hydrogen-bond acceptors (Lipinski definition) is 5. The molecule has 0 aromatic carbocycles. The van der Waals surface area contributed by atoms with Crippen molar-refractivity contribution in [3.8, 4) is 0 Å². The van der Waals surface area contributed by atoms with Gasteiger partial charge in [0.15, 0.2) is 0 Å². The third-order valence-corrected chi connectivity index (χ3v) is 2.97. The molecule has 0 rings (SSSR count). The standard InChI is InChI=1S/C13H24FNO4/c1-18-12(16)8-10(5-3-4-6-14)7-11(15)9-13(17)19-2/h10-11H,3-9,15H2,1-2H3. The van der Waals surface area contributed by atoms with Gasteiger partial charge in [-0.15, -0.1) is 0 Å². The molecule has 0 fully saturated rings. The Balaban J connectivity index is 4.22. The zero-order valence-corrected chi connectivity index (χ0v) is 11.7. The lowest BCUT2D eigenvalue weighted by atomic mass is 9.90. The lowest BCUT2D eigenvalue weighted by molar-refractivity contribution is -0.141. The summed E-state index contributed by atoms with van der Waals surface area (Å²) in [5.74, 6) is -0.665. The Morgan fingerprint density at radius 3 is 2.21 bits per heavy atom. The predicted octanol–water partition coefficient (Wildman–Crippen LogP) is 1.59. The van der Waals surface area contributed by atoms with Gasteiger partial charge in [0.25, 0.3) is 0 Å². The molecule has 0 aromatic rings. The Morgan fingerprint density at radius 2 is 1.68 bits per heavy atom. The second-order valence-corrected chi connectivity index (χ2v) is 4.61. The average Bonchev–Trinajstić information content (AvgIpc) is 2.38. The maximum absolute atomic E-state index is 12.1. The quantitative estimate of drug-likeness (QED) is 0.484. The van der Waals surface area contributed by atoms with Crippen LogP contribution in [0.25, 0.3) is 0 Å². The normalized spacial score (nSPS) is 13.7. The number of carbonyl (C=O) groups is 2. The fourth-order valence-corrected chi connectivity index (χ4v) is 1.96. The number of methoxy groups -OCH3 is 2. The number of hydrogen-bond donors (Lipinski definition) is 1. The van der Waals surface area contributed by atoms with E-state index in [1.807, 2.05) is 0 Å². The number of halogens is 1. The monoisotopic (exact) mass is 277 g/mol. The summed E-state index contributed by atoms with van der Waals surface area (Å²) in [6.07, 6.45) is 2.77. The molecule has 19 heavy (non-hydrogen) atoms. The Labute approximate surface area is 113 Å². The molecule has 5 nitrogen and oxygen atoms in total. The second kappa shape index (κ2) is 10.7. The second-order valence-electron chi connectivity index (χ2n) is 4.61. The molecule has 2 N–H and O–H groups in total. The molecule has 0 aliphatic rings. The lowest BCUT2D eigenvalue weighted by Crippen LogP contribution is -2.28. The Morgan fingerprint density at radius 1 is 1.11 bits per heavy atom. The highest BCUT2D eigenvalue weighted by molar-refractivity contribution is 5.70. The van der Waals surface area contributed by atoms with Gasteiger partial charge in [-0.05, 0) is 25.2 Å². The molecule has 6 heteroatoms. The van der Waals surface area contributed by atoms with Crippen molar-refractivity contribution in [3.05, 3.63) is 0 Å². The molecule has 112 valence electrons. The smallest absolute Gasteiger partial charge is 0.307 e. The van der Waals surface area contributed by atoms with Gasteiger partial charge in [-0.1, -0.05) is 6.42 Å². The SMILES string of the molecule is COC(=O)CC(N)CC(CCCCF)CC(=O)OC. The van der Waals surface area contributed by atoms with Crippen molar-refractivity contribution in [2.75, 3.05) is 20.9 Å². The summed E-state index contributed by atoms with van der Waals surface area (Å²) in [6, 6.07) is -0.354. The van der Waals surface area contributed by atoms with Crippen LogP contribution in [0.2, 0.25) is 0 Å². The van der Waals surface area contributed by atoms with E-state index in [0.717, 1.165) is 0 Å². The number of alkyl halides is 1. The fourth-order valence-electron chi connectivity index (χ4n) is 1.96. The first-order valence-electron chi connectivity index (χ1n) is 6.48. The third kappa shape index (κ3) is 9.41. The van der Waals surface area contributed by atoms with Crippen LogP contribution in [0.3, 0.4) is 0 Å². The molecule has 0 heterocycles. The van der Waals surface area contributed by atoms with E-state index in [2.05, 4.69) is 9.47 Å². The molecule has 0 aliphatic heterocycles. The molecule has 0 amide bonds. The van der Waals surface area contributed by atoms with Gasteiger partial charge in [-0.25, -0.2) is 0 Å². The van der Waals surface area contributed by atoms with Crippen molar-refractivity contribution in [2.45, 2.75) is 44.6 Å². The van der Waals surface area contributed by atoms with E-state index in [-0.39, 0.29) is 43.4 Å². The summed E-state index contributed by atoms with van der Waals surface area (Å²) < 4.78 is 21.2. The Bertz CT molecular complexity index is 273. The molecule has 0 bridgehead atoms. The van der Waals surface area contributed by atoms with E-state index in [1.54, 1.807) is 0 Å². The molecular weight excluding hydrogens is 253 g/mol. The van der Waals surface area contributed by atoms with Crippen LogP contribution in [0.1, 0.15) is 38.5 Å². The van der Waals surface area contributed by atoms with E-state index in [0.29, 0.717) is 25.7 Å². The maximum Gasteiger partial charge on any atom is 0.307 e. The first kappa shape index (κ1) is 17.8. The van der Waals surface area contributed by atoms with E-state index in [4.69, 9.17) is 5.73 Å². The van der Waals surface area contributed by atoms with Crippen LogP contribution in [-0.2, 0) is 19.1 Å². The maximum atomic E-state index is 12.1. The largest absolute Gasteiger partial charge is 0.469 e. The molecule has 0 spiro atoms. The van der Waals surface area contributed by atoms with Gasteiger partial charge >= 0.3 is 11.9 Å². The number of ether oxygens (including phenoxy) is 2. The van der Waals surface area contributed by atoms with Gasteiger partial charge in [0.05, 0.1) is 27.3 Å². The molecule has 0 radical (unpaired) electrons. The minimum absolute atomic E-state index is 0.0126. The first-order valence-corrected chi connectivity index (χ1v) is 6.48. The number of carbonyl (C=O) groups excluding carboxylic acids is 2. The summed E-state index contributed by atoms with van der Waals surface area (Å²) >= 11 is 0. The topological polar surface area (TPSA) is 78.6 Å². The minimum atomic E-state index is -0.368. The van der Waals surface area contributed by atoms with Crippen molar-refractivity contribution < 1.29 is 23.5 Å². The van der Waals surface area contributed by atoms with Crippen molar-refractivity contribution in [2.24, 2.45) is 11.7 Å². The molecular formula is C13H24FNO4. The van der Waals surface area contributed by atoms with Gasteiger partial charge in [-0.2, -0.15) is 0 Å². The van der Waals surface area contributed by atoms with Gasteiger partial charge in [0.1, 0.15) is 0 Å². The van der Waals surface area contributed by atoms with Gasteiger partial charge in [-0.3, -0.25) is 14.0 Å². The van der Waals surface area contributed by atoms with Gasteiger partial charge in [0, 0.05) is 12.5 Å². The molecule has 2 unspecified atom stereocenters. The third-order valence-electron chi connectivity index (χ3n) is 2.97. The Kier molecular flexibility index (Phi) is 10.1. The van der Waals surface area contributed by atoms with Crippen molar-refractivity contribution in [1.82, 2.24) is 0 Å². The summed E-state index contributed by atoms with van der Waals surface area (Å²) in [6.45, 7) is -0.362. The van der Waals surface area contributed by atoms with Crippen molar-refractivity contribution in [1.29, 1.82) is 0 Å². The zero-order chi connectivity index (χ0) is 14.7. The van der Waals surface area contributed by atoms with Crippen LogP contribution >= 0.6 is 0 Å². The molecule has 0 aromatic heterocycles. The van der Waals surface area contributed by atoms with Crippen molar-refractivity contribution in [3.63, 3.8) is 0 Å². The molecule has 0 aliphatic carbocycles. The highest BCUT2D eigenvalue weighted by Gasteiger charge is 2.19. The van der Waals surface area contributed by atoms with E-state index in [1.165, 1.54) is 14.2 Å². The van der Waals surface area contributed by atoms with Crippen LogP contribution in [0.15, 0.2) is 0 Å². The van der Waals surface area contributed by atoms with Crippen LogP contribution < -0.4 is 5.73 Å². The Hall–Kier alpha value is -1.17. The molecule has 0 saturated carbocycles. The van der Waals surface area contributed by atoms with Gasteiger partial charge < -0.3 is 15.2 Å². The molecule has 0 saturated heterocycles. The first-order chi connectivity index (χ1) is 9.03. The molecule has 2 atom stereocenters. The highest BCUT2D eigenvalue weighted by Crippen LogP contribution is 2.20. The van der Waals surface area contributed by atoms with Crippen LogP contribution in [0.5, 0.6) is 0 Å². The summed E-state index contributed by atoms with van der Waals surface area (Å²) in [4.78, 5) is 22.4. The van der Waals surface area contributed by atoms with E-state index >= 15 is 0 Å². The fraction of sp³-hybridized carbons (Fsp3) is 0.846. The highest BCUT2D eigenvalue weighted by atomic mass is 19.1. The van der Waals surface area contributed by atoms with Crippen molar-refractivity contribution >= 4 is 11.9 Å². The lowest BCUT2D eigenvalue weighted by Gasteiger charge is -2.19. The summed E-state index contributed by atoms with van der Waals surface area (Å²) in [5.41, 5.74) is 5.85. The van der Waals surface area contributed by atoms with E-state index in [9.17, 15) is 14.0 Å². The summed E-state index contributed by atoms with van der Waals surface area (Å²) in [7, 11) is 2.64. The number of esters is 2. The number of rotatable bonds is 10.